The van der Waals surface area contributed by atoms with Crippen LogP contribution >= 0.6 is 11.6 Å². The fraction of sp³-hybridized carbons (Fsp3) is 0.571. The summed E-state index contributed by atoms with van der Waals surface area (Å²) in [4.78, 5) is 0. The highest BCUT2D eigenvalue weighted by atomic mass is 35.5. The van der Waals surface area contributed by atoms with Gasteiger partial charge in [-0.15, -0.1) is 0 Å². The third-order valence-electron chi connectivity index (χ3n) is 3.79. The molecule has 0 saturated heterocycles. The molecule has 16 heavy (non-hydrogen) atoms. The summed E-state index contributed by atoms with van der Waals surface area (Å²) in [7, 11) is 0. The highest BCUT2D eigenvalue weighted by Gasteiger charge is 2.46. The van der Waals surface area contributed by atoms with Crippen molar-refractivity contribution in [3.05, 3.63) is 34.9 Å². The molecule has 0 spiro atoms. The molecule has 0 amide bonds. The first-order chi connectivity index (χ1) is 7.66. The van der Waals surface area contributed by atoms with E-state index in [1.807, 2.05) is 12.1 Å². The van der Waals surface area contributed by atoms with Crippen molar-refractivity contribution in [2.45, 2.75) is 39.2 Å². The molecule has 2 heteroatoms. The maximum atomic E-state index is 5.90. The number of hydrogen-bond donors (Lipinski definition) is 1. The first kappa shape index (κ1) is 11.9. The zero-order valence-corrected chi connectivity index (χ0v) is 10.8. The maximum absolute atomic E-state index is 5.90. The molecular weight excluding hydrogens is 218 g/mol. The molecular formula is C14H20ClN. The second kappa shape index (κ2) is 4.77. The van der Waals surface area contributed by atoms with Gasteiger partial charge in [0.1, 0.15) is 0 Å². The van der Waals surface area contributed by atoms with E-state index < -0.39 is 0 Å². The van der Waals surface area contributed by atoms with E-state index in [2.05, 4.69) is 31.3 Å². The predicted octanol–water partition coefficient (Wildman–Crippen LogP) is 3.66. The summed E-state index contributed by atoms with van der Waals surface area (Å²) in [6.07, 6.45) is 3.88. The molecule has 0 aromatic heterocycles. The van der Waals surface area contributed by atoms with Crippen molar-refractivity contribution in [3.63, 3.8) is 0 Å². The number of rotatable bonds is 5. The van der Waals surface area contributed by atoms with Crippen LogP contribution < -0.4 is 5.32 Å². The van der Waals surface area contributed by atoms with Crippen LogP contribution in [0.5, 0.6) is 0 Å². The van der Waals surface area contributed by atoms with Crippen molar-refractivity contribution in [2.24, 2.45) is 5.41 Å². The van der Waals surface area contributed by atoms with E-state index >= 15 is 0 Å². The summed E-state index contributed by atoms with van der Waals surface area (Å²) in [5, 5.41) is 4.38. The molecule has 88 valence electrons. The Kier molecular flexibility index (Phi) is 3.56. The standard InChI is InChI=1S/C14H20ClN/c1-3-16-11(2)14(8-9-14)10-12-4-6-13(15)7-5-12/h4-7,11,16H,3,8-10H2,1-2H3. The lowest BCUT2D eigenvalue weighted by Crippen LogP contribution is -2.35. The molecule has 1 N–H and O–H groups in total. The number of benzene rings is 1. The van der Waals surface area contributed by atoms with Gasteiger partial charge in [-0.1, -0.05) is 30.7 Å². The molecule has 0 heterocycles. The molecule has 1 fully saturated rings. The summed E-state index contributed by atoms with van der Waals surface area (Å²) in [6, 6.07) is 8.91. The topological polar surface area (TPSA) is 12.0 Å². The molecule has 0 bridgehead atoms. The first-order valence-electron chi connectivity index (χ1n) is 6.14. The minimum Gasteiger partial charge on any atom is -0.314 e. The van der Waals surface area contributed by atoms with Crippen molar-refractivity contribution in [2.75, 3.05) is 6.54 Å². The number of hydrogen-bond acceptors (Lipinski definition) is 1. The normalized spacial score (nSPS) is 19.4. The zero-order chi connectivity index (χ0) is 11.6. The molecule has 0 aliphatic heterocycles. The van der Waals surface area contributed by atoms with Crippen LogP contribution in [0.3, 0.4) is 0 Å². The van der Waals surface area contributed by atoms with E-state index in [0.717, 1.165) is 11.6 Å². The molecule has 1 aliphatic carbocycles. The molecule has 0 radical (unpaired) electrons. The van der Waals surface area contributed by atoms with Crippen LogP contribution in [0.2, 0.25) is 5.02 Å². The number of nitrogens with one attached hydrogen (secondary N) is 1. The van der Waals surface area contributed by atoms with Gasteiger partial charge < -0.3 is 5.32 Å². The highest BCUT2D eigenvalue weighted by Crippen LogP contribution is 2.51. The summed E-state index contributed by atoms with van der Waals surface area (Å²) in [5.41, 5.74) is 1.91. The van der Waals surface area contributed by atoms with Gasteiger partial charge in [-0.3, -0.25) is 0 Å². The molecule has 1 nitrogen and oxygen atoms in total. The summed E-state index contributed by atoms with van der Waals surface area (Å²) in [5.74, 6) is 0. The van der Waals surface area contributed by atoms with Gasteiger partial charge in [-0.2, -0.15) is 0 Å². The lowest BCUT2D eigenvalue weighted by Gasteiger charge is -2.24. The minimum absolute atomic E-state index is 0.504. The second-order valence-electron chi connectivity index (χ2n) is 4.94. The van der Waals surface area contributed by atoms with Crippen LogP contribution in [0.25, 0.3) is 0 Å². The van der Waals surface area contributed by atoms with Crippen molar-refractivity contribution in [1.29, 1.82) is 0 Å². The fourth-order valence-electron chi connectivity index (χ4n) is 2.45. The third kappa shape index (κ3) is 2.58. The maximum Gasteiger partial charge on any atom is 0.0406 e. The Bertz CT molecular complexity index is 340. The smallest absolute Gasteiger partial charge is 0.0406 e. The summed E-state index contributed by atoms with van der Waals surface area (Å²) in [6.45, 7) is 5.55. The van der Waals surface area contributed by atoms with Gasteiger partial charge >= 0.3 is 0 Å². The highest BCUT2D eigenvalue weighted by molar-refractivity contribution is 6.30. The largest absolute Gasteiger partial charge is 0.314 e. The van der Waals surface area contributed by atoms with E-state index in [-0.39, 0.29) is 0 Å². The quantitative estimate of drug-likeness (QED) is 0.824. The van der Waals surface area contributed by atoms with E-state index in [1.54, 1.807) is 0 Å². The summed E-state index contributed by atoms with van der Waals surface area (Å²) < 4.78 is 0. The minimum atomic E-state index is 0.504. The van der Waals surface area contributed by atoms with Gasteiger partial charge in [-0.25, -0.2) is 0 Å². The van der Waals surface area contributed by atoms with Crippen LogP contribution in [-0.2, 0) is 6.42 Å². The van der Waals surface area contributed by atoms with Crippen molar-refractivity contribution in [1.82, 2.24) is 5.32 Å². The molecule has 1 unspecified atom stereocenters. The Balaban J connectivity index is 2.01. The van der Waals surface area contributed by atoms with E-state index in [9.17, 15) is 0 Å². The SMILES string of the molecule is CCNC(C)C1(Cc2ccc(Cl)cc2)CC1. The van der Waals surface area contributed by atoms with Crippen LogP contribution in [-0.4, -0.2) is 12.6 Å². The average Bonchev–Trinajstić information content (AvgIpc) is 3.03. The van der Waals surface area contributed by atoms with Gasteiger partial charge in [0.2, 0.25) is 0 Å². The van der Waals surface area contributed by atoms with Crippen LogP contribution in [0, 0.1) is 5.41 Å². The lowest BCUT2D eigenvalue weighted by atomic mass is 9.90. The van der Waals surface area contributed by atoms with Gasteiger partial charge in [-0.05, 0) is 55.8 Å². The Hall–Kier alpha value is -0.530. The molecule has 1 aromatic carbocycles. The molecule has 1 aromatic rings. The number of halogens is 1. The average molecular weight is 238 g/mol. The Morgan fingerprint density at radius 2 is 1.94 bits per heavy atom. The monoisotopic (exact) mass is 237 g/mol. The Morgan fingerprint density at radius 1 is 1.31 bits per heavy atom. The molecule has 1 saturated carbocycles. The molecule has 2 rings (SSSR count). The van der Waals surface area contributed by atoms with Crippen molar-refractivity contribution >= 4 is 11.6 Å². The third-order valence-corrected chi connectivity index (χ3v) is 4.04. The molecule has 1 atom stereocenters. The predicted molar refractivity (Wildman–Crippen MR) is 70.0 cm³/mol. The van der Waals surface area contributed by atoms with Crippen LogP contribution in [0.1, 0.15) is 32.3 Å². The van der Waals surface area contributed by atoms with Gasteiger partial charge in [0.05, 0.1) is 0 Å². The van der Waals surface area contributed by atoms with Crippen molar-refractivity contribution < 1.29 is 0 Å². The lowest BCUT2D eigenvalue weighted by molar-refractivity contribution is 0.355. The van der Waals surface area contributed by atoms with E-state index in [1.165, 1.54) is 24.8 Å². The molecule has 1 aliphatic rings. The van der Waals surface area contributed by atoms with E-state index in [4.69, 9.17) is 11.6 Å². The van der Waals surface area contributed by atoms with E-state index in [0.29, 0.717) is 11.5 Å². The second-order valence-corrected chi connectivity index (χ2v) is 5.38. The zero-order valence-electron chi connectivity index (χ0n) is 10.1. The van der Waals surface area contributed by atoms with Crippen molar-refractivity contribution in [3.8, 4) is 0 Å². The van der Waals surface area contributed by atoms with Gasteiger partial charge in [0, 0.05) is 11.1 Å². The fourth-order valence-corrected chi connectivity index (χ4v) is 2.58. The van der Waals surface area contributed by atoms with Gasteiger partial charge in [0.15, 0.2) is 0 Å². The van der Waals surface area contributed by atoms with Crippen LogP contribution in [0.15, 0.2) is 24.3 Å². The Morgan fingerprint density at radius 3 is 2.44 bits per heavy atom. The Labute approximate surface area is 103 Å². The summed E-state index contributed by atoms with van der Waals surface area (Å²) >= 11 is 5.90. The van der Waals surface area contributed by atoms with Crippen LogP contribution in [0.4, 0.5) is 0 Å². The first-order valence-corrected chi connectivity index (χ1v) is 6.52. The van der Waals surface area contributed by atoms with Gasteiger partial charge in [0.25, 0.3) is 0 Å².